The Morgan fingerprint density at radius 2 is 1.97 bits per heavy atom. The van der Waals surface area contributed by atoms with Crippen molar-refractivity contribution >= 4 is 27.6 Å². The zero-order valence-electron chi connectivity index (χ0n) is 17.0. The number of aryl methyl sites for hydroxylation is 1. The van der Waals surface area contributed by atoms with Crippen LogP contribution in [0.1, 0.15) is 34.3 Å². The van der Waals surface area contributed by atoms with E-state index in [0.29, 0.717) is 31.5 Å². The van der Waals surface area contributed by atoms with Crippen LogP contribution >= 0.6 is 0 Å². The number of nitrogen functional groups attached to an aromatic ring is 1. The molecule has 0 unspecified atom stereocenters. The first kappa shape index (κ1) is 21.9. The predicted octanol–water partition coefficient (Wildman–Crippen LogP) is 1.58. The number of hydrogen-bond donors (Lipinski definition) is 2. The summed E-state index contributed by atoms with van der Waals surface area (Å²) in [6, 6.07) is 2.35. The second-order valence-electron chi connectivity index (χ2n) is 7.21. The Kier molecular flexibility index (Phi) is 6.22. The number of ether oxygens (including phenoxy) is 1. The minimum Gasteiger partial charge on any atom is -0.496 e. The van der Waals surface area contributed by atoms with Crippen LogP contribution in [0, 0.1) is 12.7 Å². The number of ketones is 1. The molecule has 1 aromatic carbocycles. The maximum absolute atomic E-state index is 13.8. The third-order valence-electron chi connectivity index (χ3n) is 5.01. The predicted molar refractivity (Wildman–Crippen MR) is 111 cm³/mol. The van der Waals surface area contributed by atoms with Gasteiger partial charge >= 0.3 is 0 Å². The number of piperidine rings is 1. The van der Waals surface area contributed by atoms with Gasteiger partial charge in [0, 0.05) is 25.3 Å². The highest BCUT2D eigenvalue weighted by atomic mass is 32.2. The van der Waals surface area contributed by atoms with Crippen molar-refractivity contribution in [2.24, 2.45) is 0 Å². The molecule has 2 aromatic rings. The molecule has 1 aliphatic rings. The number of sulfonamides is 1. The highest BCUT2D eigenvalue weighted by Gasteiger charge is 2.26. The fourth-order valence-electron chi connectivity index (χ4n) is 3.47. The second-order valence-corrected chi connectivity index (χ2v) is 9.19. The van der Waals surface area contributed by atoms with Gasteiger partial charge in [-0.3, -0.25) is 4.79 Å². The number of hydrogen-bond acceptors (Lipinski definition) is 8. The van der Waals surface area contributed by atoms with Gasteiger partial charge < -0.3 is 15.8 Å². The van der Waals surface area contributed by atoms with Gasteiger partial charge in [0.15, 0.2) is 0 Å². The number of carbonyl (C=O) groups excluding carboxylic acids is 1. The minimum absolute atomic E-state index is 0.0186. The SMILES string of the molecule is COc1c(C)cc(F)cc1C(=O)c1cnc(NC2CCN(S(C)(=O)=O)CC2)nc1N. The number of rotatable bonds is 6. The van der Waals surface area contributed by atoms with Crippen LogP contribution in [0.3, 0.4) is 0 Å². The van der Waals surface area contributed by atoms with Crippen LogP contribution in [0.2, 0.25) is 0 Å². The topological polar surface area (TPSA) is 128 Å². The van der Waals surface area contributed by atoms with Crippen molar-refractivity contribution in [3.8, 4) is 5.75 Å². The van der Waals surface area contributed by atoms with E-state index in [0.717, 1.165) is 6.07 Å². The van der Waals surface area contributed by atoms with Gasteiger partial charge in [0.1, 0.15) is 17.4 Å². The summed E-state index contributed by atoms with van der Waals surface area (Å²) in [5.41, 5.74) is 6.54. The number of carbonyl (C=O) groups is 1. The Hall–Kier alpha value is -2.79. The summed E-state index contributed by atoms with van der Waals surface area (Å²) in [7, 11) is -1.80. The van der Waals surface area contributed by atoms with Gasteiger partial charge in [0.2, 0.25) is 21.8 Å². The average molecular weight is 437 g/mol. The van der Waals surface area contributed by atoms with E-state index in [-0.39, 0.29) is 34.7 Å². The van der Waals surface area contributed by atoms with Crippen LogP contribution in [0.5, 0.6) is 5.75 Å². The zero-order valence-corrected chi connectivity index (χ0v) is 17.8. The van der Waals surface area contributed by atoms with E-state index >= 15 is 0 Å². The molecule has 0 bridgehead atoms. The van der Waals surface area contributed by atoms with E-state index < -0.39 is 21.6 Å². The molecule has 0 spiro atoms. The molecule has 3 rings (SSSR count). The molecule has 0 radical (unpaired) electrons. The smallest absolute Gasteiger partial charge is 0.224 e. The first-order chi connectivity index (χ1) is 14.1. The largest absolute Gasteiger partial charge is 0.496 e. The molecule has 1 aliphatic heterocycles. The summed E-state index contributed by atoms with van der Waals surface area (Å²) in [4.78, 5) is 21.2. The quantitative estimate of drug-likeness (QED) is 0.652. The van der Waals surface area contributed by atoms with E-state index in [2.05, 4.69) is 15.3 Å². The van der Waals surface area contributed by atoms with Crippen molar-refractivity contribution in [1.82, 2.24) is 14.3 Å². The lowest BCUT2D eigenvalue weighted by Crippen LogP contribution is -2.42. The molecule has 0 saturated carbocycles. The van der Waals surface area contributed by atoms with Gasteiger partial charge in [-0.1, -0.05) is 0 Å². The van der Waals surface area contributed by atoms with Gasteiger partial charge in [0.25, 0.3) is 0 Å². The van der Waals surface area contributed by atoms with E-state index in [1.807, 2.05) is 0 Å². The molecular formula is C19H24FN5O4S. The van der Waals surface area contributed by atoms with E-state index in [9.17, 15) is 17.6 Å². The molecule has 3 N–H and O–H groups in total. The summed E-state index contributed by atoms with van der Waals surface area (Å²) in [5, 5.41) is 3.12. The van der Waals surface area contributed by atoms with Gasteiger partial charge in [-0.25, -0.2) is 22.1 Å². The Morgan fingerprint density at radius 3 is 2.53 bits per heavy atom. The number of nitrogens with one attached hydrogen (secondary N) is 1. The molecule has 1 fully saturated rings. The number of nitrogens with two attached hydrogens (primary N) is 1. The number of nitrogens with zero attached hydrogens (tertiary/aromatic N) is 3. The maximum Gasteiger partial charge on any atom is 0.224 e. The number of halogens is 1. The van der Waals surface area contributed by atoms with Gasteiger partial charge in [-0.2, -0.15) is 4.98 Å². The van der Waals surface area contributed by atoms with Crippen LogP contribution in [-0.4, -0.2) is 61.0 Å². The van der Waals surface area contributed by atoms with Crippen LogP contribution in [0.15, 0.2) is 18.3 Å². The van der Waals surface area contributed by atoms with Gasteiger partial charge in [0.05, 0.1) is 24.5 Å². The highest BCUT2D eigenvalue weighted by molar-refractivity contribution is 7.88. The number of methoxy groups -OCH3 is 1. The van der Waals surface area contributed by atoms with Crippen molar-refractivity contribution in [2.45, 2.75) is 25.8 Å². The van der Waals surface area contributed by atoms with Gasteiger partial charge in [-0.15, -0.1) is 0 Å². The number of anilines is 2. The van der Waals surface area contributed by atoms with Crippen molar-refractivity contribution < 1.29 is 22.3 Å². The standard InChI is InChI=1S/C19H24FN5O4S/c1-11-8-12(20)9-14(17(11)29-2)16(26)15-10-22-19(24-18(15)21)23-13-4-6-25(7-5-13)30(3,27)28/h8-10,13H,4-7H2,1-3H3,(H3,21,22,23,24). The molecule has 0 aliphatic carbocycles. The van der Waals surface area contributed by atoms with Crippen LogP contribution in [-0.2, 0) is 10.0 Å². The maximum atomic E-state index is 13.8. The summed E-state index contributed by atoms with van der Waals surface area (Å²) in [5.74, 6) is -0.644. The molecule has 30 heavy (non-hydrogen) atoms. The molecule has 11 heteroatoms. The van der Waals surface area contributed by atoms with E-state index in [1.165, 1.54) is 29.9 Å². The lowest BCUT2D eigenvalue weighted by molar-refractivity contribution is 0.103. The van der Waals surface area contributed by atoms with Crippen LogP contribution < -0.4 is 15.8 Å². The molecule has 2 heterocycles. The van der Waals surface area contributed by atoms with Gasteiger partial charge in [-0.05, 0) is 37.5 Å². The Balaban J connectivity index is 1.76. The van der Waals surface area contributed by atoms with E-state index in [4.69, 9.17) is 10.5 Å². The molecular weight excluding hydrogens is 413 g/mol. The highest BCUT2D eigenvalue weighted by Crippen LogP contribution is 2.28. The average Bonchev–Trinajstić information content (AvgIpc) is 2.67. The second kappa shape index (κ2) is 8.52. The number of aromatic nitrogens is 2. The van der Waals surface area contributed by atoms with E-state index in [1.54, 1.807) is 6.92 Å². The summed E-state index contributed by atoms with van der Waals surface area (Å²) in [6.07, 6.45) is 3.67. The molecule has 1 saturated heterocycles. The first-order valence-electron chi connectivity index (χ1n) is 9.33. The third kappa shape index (κ3) is 4.68. The molecule has 0 atom stereocenters. The fraction of sp³-hybridized carbons (Fsp3) is 0.421. The monoisotopic (exact) mass is 437 g/mol. The van der Waals surface area contributed by atoms with Crippen molar-refractivity contribution in [3.05, 3.63) is 40.8 Å². The first-order valence-corrected chi connectivity index (χ1v) is 11.2. The lowest BCUT2D eigenvalue weighted by Gasteiger charge is -2.30. The van der Waals surface area contributed by atoms with Crippen molar-refractivity contribution in [3.63, 3.8) is 0 Å². The molecule has 9 nitrogen and oxygen atoms in total. The summed E-state index contributed by atoms with van der Waals surface area (Å²) in [6.45, 7) is 2.45. The minimum atomic E-state index is -3.20. The Bertz CT molecular complexity index is 1070. The number of benzene rings is 1. The summed E-state index contributed by atoms with van der Waals surface area (Å²) >= 11 is 0. The van der Waals surface area contributed by atoms with Crippen LogP contribution in [0.4, 0.5) is 16.2 Å². The third-order valence-corrected chi connectivity index (χ3v) is 6.31. The molecule has 0 amide bonds. The molecule has 1 aromatic heterocycles. The van der Waals surface area contributed by atoms with Crippen LogP contribution in [0.25, 0.3) is 0 Å². The zero-order chi connectivity index (χ0) is 22.1. The van der Waals surface area contributed by atoms with Crippen molar-refractivity contribution in [2.75, 3.05) is 37.5 Å². The Labute approximate surface area is 174 Å². The molecule has 162 valence electrons. The summed E-state index contributed by atoms with van der Waals surface area (Å²) < 4.78 is 43.7. The Morgan fingerprint density at radius 1 is 1.30 bits per heavy atom. The lowest BCUT2D eigenvalue weighted by atomic mass is 10.0. The fourth-order valence-corrected chi connectivity index (χ4v) is 4.34. The van der Waals surface area contributed by atoms with Crippen molar-refractivity contribution in [1.29, 1.82) is 0 Å². The normalized spacial score (nSPS) is 15.7.